The number of aryl methyl sites for hydroxylation is 1. The zero-order valence-corrected chi connectivity index (χ0v) is 13.2. The summed E-state index contributed by atoms with van der Waals surface area (Å²) in [5.74, 6) is 0. The fraction of sp³-hybridized carbons (Fsp3) is 0.400. The van der Waals surface area contributed by atoms with E-state index in [-0.39, 0.29) is 12.1 Å². The molecule has 0 unspecified atom stereocenters. The van der Waals surface area contributed by atoms with Crippen LogP contribution < -0.4 is 16.0 Å². The van der Waals surface area contributed by atoms with Crippen LogP contribution in [0.5, 0.6) is 0 Å². The molecule has 0 spiro atoms. The van der Waals surface area contributed by atoms with Crippen LogP contribution in [-0.4, -0.2) is 35.4 Å². The monoisotopic (exact) mass is 317 g/mol. The average Bonchev–Trinajstić information content (AvgIpc) is 2.97. The molecule has 2 aromatic rings. The van der Waals surface area contributed by atoms with Gasteiger partial charge in [-0.3, -0.25) is 5.32 Å². The Kier molecular flexibility index (Phi) is 4.65. The Morgan fingerprint density at radius 3 is 2.82 bits per heavy atom. The number of urea groups is 1. The molecule has 0 saturated carbocycles. The lowest BCUT2D eigenvalue weighted by Gasteiger charge is -2.23. The highest BCUT2D eigenvalue weighted by Gasteiger charge is 2.16. The molecule has 2 heterocycles. The van der Waals surface area contributed by atoms with Crippen molar-refractivity contribution in [2.45, 2.75) is 25.8 Å². The van der Waals surface area contributed by atoms with Crippen molar-refractivity contribution in [2.24, 2.45) is 0 Å². The highest BCUT2D eigenvalue weighted by Crippen LogP contribution is 2.28. The van der Waals surface area contributed by atoms with Crippen molar-refractivity contribution in [3.63, 3.8) is 0 Å². The molecule has 1 aromatic carbocycles. The first-order valence-corrected chi connectivity index (χ1v) is 8.22. The fourth-order valence-corrected chi connectivity index (χ4v) is 3.31. The van der Waals surface area contributed by atoms with E-state index in [9.17, 15) is 4.79 Å². The molecular weight excluding hydrogens is 298 g/mol. The zero-order chi connectivity index (χ0) is 15.4. The minimum atomic E-state index is -0.209. The van der Waals surface area contributed by atoms with Gasteiger partial charge < -0.3 is 10.6 Å². The van der Waals surface area contributed by atoms with Gasteiger partial charge in [-0.05, 0) is 38.4 Å². The lowest BCUT2D eigenvalue weighted by Crippen LogP contribution is -2.44. The van der Waals surface area contributed by atoms with E-state index in [0.29, 0.717) is 5.13 Å². The second-order valence-corrected chi connectivity index (χ2v) is 6.33. The van der Waals surface area contributed by atoms with Crippen LogP contribution >= 0.6 is 11.3 Å². The molecule has 1 aromatic heterocycles. The third-order valence-electron chi connectivity index (χ3n) is 3.70. The predicted molar refractivity (Wildman–Crippen MR) is 88.1 cm³/mol. The Labute approximate surface area is 133 Å². The molecule has 1 saturated heterocycles. The van der Waals surface area contributed by atoms with Crippen LogP contribution in [0.1, 0.15) is 18.4 Å². The summed E-state index contributed by atoms with van der Waals surface area (Å²) in [7, 11) is 0. The van der Waals surface area contributed by atoms with Gasteiger partial charge in [-0.25, -0.2) is 4.79 Å². The van der Waals surface area contributed by atoms with Gasteiger partial charge in [0.25, 0.3) is 0 Å². The number of carbonyl (C=O) groups excluding carboxylic acids is 1. The summed E-state index contributed by atoms with van der Waals surface area (Å²) >= 11 is 1.38. The van der Waals surface area contributed by atoms with Crippen molar-refractivity contribution in [2.75, 3.05) is 18.4 Å². The molecule has 0 aliphatic carbocycles. The van der Waals surface area contributed by atoms with E-state index in [1.54, 1.807) is 0 Å². The van der Waals surface area contributed by atoms with Crippen LogP contribution in [0, 0.1) is 6.92 Å². The molecule has 22 heavy (non-hydrogen) atoms. The van der Waals surface area contributed by atoms with Gasteiger partial charge in [0, 0.05) is 11.6 Å². The van der Waals surface area contributed by atoms with E-state index in [2.05, 4.69) is 26.1 Å². The molecule has 6 nitrogen and oxygen atoms in total. The second kappa shape index (κ2) is 6.85. The third kappa shape index (κ3) is 3.61. The Morgan fingerprint density at radius 1 is 1.27 bits per heavy atom. The van der Waals surface area contributed by atoms with Crippen molar-refractivity contribution >= 4 is 22.5 Å². The van der Waals surface area contributed by atoms with Crippen LogP contribution in [0.2, 0.25) is 0 Å². The van der Waals surface area contributed by atoms with E-state index >= 15 is 0 Å². The maximum atomic E-state index is 12.0. The number of nitrogens with zero attached hydrogens (tertiary/aromatic N) is 2. The highest BCUT2D eigenvalue weighted by atomic mass is 32.1. The molecule has 1 fully saturated rings. The number of carbonyl (C=O) groups is 1. The average molecular weight is 317 g/mol. The van der Waals surface area contributed by atoms with E-state index < -0.39 is 0 Å². The smallest absolute Gasteiger partial charge is 0.321 e. The summed E-state index contributed by atoms with van der Waals surface area (Å²) in [6, 6.07) is 8.03. The number of nitrogens with one attached hydrogen (secondary N) is 3. The van der Waals surface area contributed by atoms with Crippen molar-refractivity contribution < 1.29 is 4.79 Å². The standard InChI is InChI=1S/C15H19N5OS/c1-10-4-2-3-5-12(10)13-19-20-15(22-13)18-14(21)17-11-6-8-16-9-7-11/h2-5,11,16H,6-9H2,1H3,(H2,17,18,20,21). The number of amides is 2. The summed E-state index contributed by atoms with van der Waals surface area (Å²) in [6.07, 6.45) is 1.91. The van der Waals surface area contributed by atoms with E-state index in [1.165, 1.54) is 11.3 Å². The van der Waals surface area contributed by atoms with Crippen molar-refractivity contribution in [3.8, 4) is 10.6 Å². The van der Waals surface area contributed by atoms with Gasteiger partial charge in [0.1, 0.15) is 5.01 Å². The Bertz CT molecular complexity index is 651. The van der Waals surface area contributed by atoms with Crippen LogP contribution in [0.3, 0.4) is 0 Å². The molecule has 116 valence electrons. The predicted octanol–water partition coefficient (Wildman–Crippen LogP) is 2.39. The minimum Gasteiger partial charge on any atom is -0.335 e. The normalized spacial score (nSPS) is 15.5. The second-order valence-electron chi connectivity index (χ2n) is 5.35. The first-order valence-electron chi connectivity index (χ1n) is 7.40. The van der Waals surface area contributed by atoms with Gasteiger partial charge in [0.15, 0.2) is 0 Å². The lowest BCUT2D eigenvalue weighted by atomic mass is 10.1. The molecule has 0 bridgehead atoms. The molecule has 3 rings (SSSR count). The van der Waals surface area contributed by atoms with Gasteiger partial charge >= 0.3 is 6.03 Å². The Morgan fingerprint density at radius 2 is 2.05 bits per heavy atom. The van der Waals surface area contributed by atoms with Crippen LogP contribution in [0.15, 0.2) is 24.3 Å². The molecule has 7 heteroatoms. The molecular formula is C15H19N5OS. The van der Waals surface area contributed by atoms with Crippen molar-refractivity contribution in [1.29, 1.82) is 0 Å². The highest BCUT2D eigenvalue weighted by molar-refractivity contribution is 7.18. The summed E-state index contributed by atoms with van der Waals surface area (Å²) in [5.41, 5.74) is 2.19. The topological polar surface area (TPSA) is 78.9 Å². The largest absolute Gasteiger partial charge is 0.335 e. The van der Waals surface area contributed by atoms with E-state index in [4.69, 9.17) is 0 Å². The number of aromatic nitrogens is 2. The quantitative estimate of drug-likeness (QED) is 0.812. The minimum absolute atomic E-state index is 0.209. The number of anilines is 1. The van der Waals surface area contributed by atoms with Gasteiger partial charge in [-0.1, -0.05) is 35.6 Å². The fourth-order valence-electron chi connectivity index (χ4n) is 2.48. The third-order valence-corrected chi connectivity index (χ3v) is 4.57. The number of hydrogen-bond acceptors (Lipinski definition) is 5. The molecule has 3 N–H and O–H groups in total. The maximum Gasteiger partial charge on any atom is 0.321 e. The summed E-state index contributed by atoms with van der Waals surface area (Å²) in [6.45, 7) is 3.93. The van der Waals surface area contributed by atoms with Crippen LogP contribution in [-0.2, 0) is 0 Å². The number of piperidine rings is 1. The molecule has 0 radical (unpaired) electrons. The van der Waals surface area contributed by atoms with E-state index in [0.717, 1.165) is 42.1 Å². The van der Waals surface area contributed by atoms with Crippen LogP contribution in [0.25, 0.3) is 10.6 Å². The maximum absolute atomic E-state index is 12.0. The number of benzene rings is 1. The molecule has 1 aliphatic heterocycles. The van der Waals surface area contributed by atoms with E-state index in [1.807, 2.05) is 31.2 Å². The first kappa shape index (κ1) is 14.9. The van der Waals surface area contributed by atoms with Crippen LogP contribution in [0.4, 0.5) is 9.93 Å². The van der Waals surface area contributed by atoms with Gasteiger partial charge in [-0.15, -0.1) is 10.2 Å². The number of rotatable bonds is 3. The summed E-state index contributed by atoms with van der Waals surface area (Å²) in [4.78, 5) is 12.0. The molecule has 1 aliphatic rings. The van der Waals surface area contributed by atoms with Gasteiger partial charge in [0.05, 0.1) is 0 Å². The number of hydrogen-bond donors (Lipinski definition) is 3. The lowest BCUT2D eigenvalue weighted by molar-refractivity contribution is 0.245. The van der Waals surface area contributed by atoms with Crippen molar-refractivity contribution in [3.05, 3.63) is 29.8 Å². The summed E-state index contributed by atoms with van der Waals surface area (Å²) in [5, 5.41) is 18.6. The van der Waals surface area contributed by atoms with Crippen molar-refractivity contribution in [1.82, 2.24) is 20.8 Å². The summed E-state index contributed by atoms with van der Waals surface area (Å²) < 4.78 is 0. The van der Waals surface area contributed by atoms with Gasteiger partial charge in [-0.2, -0.15) is 0 Å². The first-order chi connectivity index (χ1) is 10.7. The SMILES string of the molecule is Cc1ccccc1-c1nnc(NC(=O)NC2CCNCC2)s1. The zero-order valence-electron chi connectivity index (χ0n) is 12.4. The molecule has 2 amide bonds. The Balaban J connectivity index is 1.62. The Hall–Kier alpha value is -1.99. The van der Waals surface area contributed by atoms with Gasteiger partial charge in [0.2, 0.25) is 5.13 Å². The molecule has 0 atom stereocenters.